The Kier molecular flexibility index (Phi) is 7.64. The quantitative estimate of drug-likeness (QED) is 0.241. The summed E-state index contributed by atoms with van der Waals surface area (Å²) in [6, 6.07) is 11.9. The first-order valence-corrected chi connectivity index (χ1v) is 12.9. The Morgan fingerprint density at radius 1 is 1.07 bits per heavy atom. The van der Waals surface area contributed by atoms with E-state index in [1.807, 2.05) is 19.1 Å². The van der Waals surface area contributed by atoms with Crippen molar-refractivity contribution >= 4 is 17.0 Å². The van der Waals surface area contributed by atoms with Crippen LogP contribution in [0.4, 0.5) is 17.6 Å². The molecule has 1 aliphatic carbocycles. The molecule has 1 aliphatic rings. The molecule has 1 fully saturated rings. The molecule has 7 nitrogen and oxygen atoms in total. The van der Waals surface area contributed by atoms with Crippen LogP contribution in [0.1, 0.15) is 54.2 Å². The minimum Gasteiger partial charge on any atom is -0.487 e. The lowest BCUT2D eigenvalue weighted by Gasteiger charge is -2.28. The maximum atomic E-state index is 15.4. The smallest absolute Gasteiger partial charge is 0.487 e. The van der Waals surface area contributed by atoms with Gasteiger partial charge in [-0.1, -0.05) is 31.0 Å². The van der Waals surface area contributed by atoms with Gasteiger partial charge in [-0.3, -0.25) is 9.78 Å². The molecule has 4 aromatic rings. The minimum absolute atomic E-state index is 0.0718. The van der Waals surface area contributed by atoms with Gasteiger partial charge in [-0.15, -0.1) is 13.2 Å². The number of ether oxygens (including phenoxy) is 2. The number of imidazole rings is 1. The van der Waals surface area contributed by atoms with Crippen molar-refractivity contribution in [1.82, 2.24) is 14.5 Å². The number of carboxylic acids is 1. The summed E-state index contributed by atoms with van der Waals surface area (Å²) < 4.78 is 64.8. The summed E-state index contributed by atoms with van der Waals surface area (Å²) in [5, 5.41) is 9.90. The van der Waals surface area contributed by atoms with Crippen molar-refractivity contribution in [3.8, 4) is 11.5 Å². The average Bonchev–Trinajstić information content (AvgIpc) is 3.27. The summed E-state index contributed by atoms with van der Waals surface area (Å²) in [7, 11) is 0. The van der Waals surface area contributed by atoms with E-state index in [1.54, 1.807) is 16.8 Å². The fourth-order valence-corrected chi connectivity index (χ4v) is 5.16. The average molecular weight is 558 g/mol. The standard InChI is InChI=1S/C29H27F4N3O4/c1-17-6-9-19(34-14-17)16-39-21-12-24(30)26-25(13-21)36(15-18-7-10-20(11-8-18)40-29(31,32)33)27(35-26)22-4-2-3-5-23(22)28(37)38/h6-14,22-23H,2-5,15-16H2,1H3,(H,37,38)/t22-,23+/m0/s1. The molecule has 0 saturated heterocycles. The number of hydrogen-bond acceptors (Lipinski definition) is 5. The number of carbonyl (C=O) groups is 1. The van der Waals surface area contributed by atoms with Crippen molar-refractivity contribution in [1.29, 1.82) is 0 Å². The van der Waals surface area contributed by atoms with E-state index in [2.05, 4.69) is 14.7 Å². The first kappa shape index (κ1) is 27.4. The molecule has 0 spiro atoms. The zero-order valence-corrected chi connectivity index (χ0v) is 21.6. The van der Waals surface area contributed by atoms with Crippen LogP contribution in [0, 0.1) is 18.7 Å². The molecule has 1 N–H and O–H groups in total. The number of halogens is 4. The van der Waals surface area contributed by atoms with E-state index >= 15 is 4.39 Å². The van der Waals surface area contributed by atoms with Crippen LogP contribution >= 0.6 is 0 Å². The third kappa shape index (κ3) is 6.19. The molecular weight excluding hydrogens is 530 g/mol. The van der Waals surface area contributed by atoms with Crippen LogP contribution in [0.5, 0.6) is 11.5 Å². The predicted octanol–water partition coefficient (Wildman–Crippen LogP) is 6.76. The number of aromatic nitrogens is 3. The third-order valence-electron chi connectivity index (χ3n) is 7.08. The van der Waals surface area contributed by atoms with Gasteiger partial charge in [0, 0.05) is 30.8 Å². The molecule has 0 radical (unpaired) electrons. The highest BCUT2D eigenvalue weighted by atomic mass is 19.4. The first-order valence-electron chi connectivity index (χ1n) is 12.9. The van der Waals surface area contributed by atoms with Gasteiger partial charge >= 0.3 is 12.3 Å². The van der Waals surface area contributed by atoms with Crippen LogP contribution in [0.25, 0.3) is 11.0 Å². The van der Waals surface area contributed by atoms with Crippen molar-refractivity contribution in [2.45, 2.75) is 58.0 Å². The van der Waals surface area contributed by atoms with Crippen molar-refractivity contribution in [3.63, 3.8) is 0 Å². The van der Waals surface area contributed by atoms with Crippen LogP contribution in [-0.2, 0) is 17.9 Å². The molecule has 0 aliphatic heterocycles. The SMILES string of the molecule is Cc1ccc(COc2cc(F)c3nc([C@H]4CCCC[C@H]4C(=O)O)n(Cc4ccc(OC(F)(F)F)cc4)c3c2)nc1. The molecular formula is C29H27F4N3O4. The molecule has 5 rings (SSSR count). The Morgan fingerprint density at radius 2 is 1.82 bits per heavy atom. The van der Waals surface area contributed by atoms with Gasteiger partial charge in [-0.2, -0.15) is 0 Å². The lowest BCUT2D eigenvalue weighted by Crippen LogP contribution is -2.27. The molecule has 1 saturated carbocycles. The number of fused-ring (bicyclic) bond motifs is 1. The number of carboxylic acid groups (broad SMARTS) is 1. The molecule has 2 heterocycles. The van der Waals surface area contributed by atoms with Gasteiger partial charge in [0.15, 0.2) is 5.82 Å². The van der Waals surface area contributed by atoms with Gasteiger partial charge in [0.1, 0.15) is 29.4 Å². The Labute approximate surface area is 227 Å². The predicted molar refractivity (Wildman–Crippen MR) is 138 cm³/mol. The molecule has 0 bridgehead atoms. The molecule has 210 valence electrons. The molecule has 2 aromatic heterocycles. The van der Waals surface area contributed by atoms with E-state index in [1.165, 1.54) is 30.3 Å². The van der Waals surface area contributed by atoms with E-state index in [-0.39, 0.29) is 30.2 Å². The molecule has 40 heavy (non-hydrogen) atoms. The topological polar surface area (TPSA) is 86.5 Å². The zero-order valence-electron chi connectivity index (χ0n) is 21.6. The fraction of sp³-hybridized carbons (Fsp3) is 0.345. The lowest BCUT2D eigenvalue weighted by atomic mass is 9.78. The Hall–Kier alpha value is -4.15. The van der Waals surface area contributed by atoms with Gasteiger partial charge in [0.2, 0.25) is 0 Å². The van der Waals surface area contributed by atoms with Crippen LogP contribution in [0.3, 0.4) is 0 Å². The summed E-state index contributed by atoms with van der Waals surface area (Å²) in [6.45, 7) is 2.15. The highest BCUT2D eigenvalue weighted by Crippen LogP contribution is 2.40. The summed E-state index contributed by atoms with van der Waals surface area (Å²) in [6.07, 6.45) is -0.479. The maximum absolute atomic E-state index is 15.4. The van der Waals surface area contributed by atoms with E-state index in [0.29, 0.717) is 35.4 Å². The second-order valence-electron chi connectivity index (χ2n) is 9.97. The van der Waals surface area contributed by atoms with Crippen LogP contribution in [0.15, 0.2) is 54.7 Å². The molecule has 2 aromatic carbocycles. The Bertz CT molecular complexity index is 1500. The third-order valence-corrected chi connectivity index (χ3v) is 7.08. The monoisotopic (exact) mass is 557 g/mol. The minimum atomic E-state index is -4.82. The second kappa shape index (κ2) is 11.1. The van der Waals surface area contributed by atoms with E-state index in [9.17, 15) is 23.1 Å². The number of alkyl halides is 3. The van der Waals surface area contributed by atoms with Crippen LogP contribution in [-0.4, -0.2) is 32.0 Å². The Morgan fingerprint density at radius 3 is 2.50 bits per heavy atom. The number of aryl methyl sites for hydroxylation is 1. The number of benzene rings is 2. The van der Waals surface area contributed by atoms with E-state index in [4.69, 9.17) is 4.74 Å². The van der Waals surface area contributed by atoms with Crippen molar-refractivity contribution in [2.24, 2.45) is 5.92 Å². The Balaban J connectivity index is 1.53. The first-order chi connectivity index (χ1) is 19.1. The largest absolute Gasteiger partial charge is 0.573 e. The van der Waals surface area contributed by atoms with Gasteiger partial charge in [0.05, 0.1) is 17.1 Å². The van der Waals surface area contributed by atoms with Crippen molar-refractivity contribution in [2.75, 3.05) is 0 Å². The second-order valence-corrected chi connectivity index (χ2v) is 9.97. The summed E-state index contributed by atoms with van der Waals surface area (Å²) >= 11 is 0. The molecule has 11 heteroatoms. The highest BCUT2D eigenvalue weighted by molar-refractivity contribution is 5.79. The van der Waals surface area contributed by atoms with E-state index < -0.39 is 30.0 Å². The van der Waals surface area contributed by atoms with Crippen LogP contribution < -0.4 is 9.47 Å². The number of nitrogens with zero attached hydrogens (tertiary/aromatic N) is 3. The maximum Gasteiger partial charge on any atom is 0.573 e. The zero-order chi connectivity index (χ0) is 28.4. The fourth-order valence-electron chi connectivity index (χ4n) is 5.16. The number of pyridine rings is 1. The number of aliphatic carboxylic acids is 1. The molecule has 0 amide bonds. The molecule has 2 atom stereocenters. The number of hydrogen-bond donors (Lipinski definition) is 1. The summed E-state index contributed by atoms with van der Waals surface area (Å²) in [4.78, 5) is 21.0. The summed E-state index contributed by atoms with van der Waals surface area (Å²) in [5.41, 5.74) is 2.73. The molecule has 0 unspecified atom stereocenters. The normalized spacial score (nSPS) is 17.6. The summed E-state index contributed by atoms with van der Waals surface area (Å²) in [5.74, 6) is -2.39. The van der Waals surface area contributed by atoms with Gasteiger partial charge < -0.3 is 19.1 Å². The van der Waals surface area contributed by atoms with Gasteiger partial charge in [-0.25, -0.2) is 9.37 Å². The van der Waals surface area contributed by atoms with Crippen molar-refractivity contribution in [3.05, 3.63) is 83.2 Å². The van der Waals surface area contributed by atoms with Gasteiger partial charge in [-0.05, 0) is 49.1 Å². The number of rotatable bonds is 8. The van der Waals surface area contributed by atoms with Crippen LogP contribution in [0.2, 0.25) is 0 Å². The highest BCUT2D eigenvalue weighted by Gasteiger charge is 2.36. The lowest BCUT2D eigenvalue weighted by molar-refractivity contribution is -0.274. The van der Waals surface area contributed by atoms with E-state index in [0.717, 1.165) is 18.4 Å². The van der Waals surface area contributed by atoms with Crippen molar-refractivity contribution < 1.29 is 36.9 Å². The van der Waals surface area contributed by atoms with Gasteiger partial charge in [0.25, 0.3) is 0 Å².